The third-order valence-electron chi connectivity index (χ3n) is 3.46. The lowest BCUT2D eigenvalue weighted by atomic mass is 10.1. The van der Waals surface area contributed by atoms with Crippen molar-refractivity contribution in [1.29, 1.82) is 0 Å². The second-order valence-electron chi connectivity index (χ2n) is 5.71. The van der Waals surface area contributed by atoms with Crippen molar-refractivity contribution in [2.24, 2.45) is 5.92 Å². The van der Waals surface area contributed by atoms with Crippen LogP contribution in [0.4, 0.5) is 8.78 Å². The predicted octanol–water partition coefficient (Wildman–Crippen LogP) is 3.45. The predicted molar refractivity (Wildman–Crippen MR) is 64.7 cm³/mol. The van der Waals surface area contributed by atoms with E-state index in [-0.39, 0.29) is 17.2 Å². The molecule has 1 heterocycles. The second kappa shape index (κ2) is 2.79. The van der Waals surface area contributed by atoms with Gasteiger partial charge in [-0.1, -0.05) is 0 Å². The first-order chi connectivity index (χ1) is 7.24. The van der Waals surface area contributed by atoms with Gasteiger partial charge < -0.3 is 0 Å². The Kier molecular flexibility index (Phi) is 1.90. The number of halogens is 3. The van der Waals surface area contributed by atoms with Crippen LogP contribution in [0.5, 0.6) is 0 Å². The van der Waals surface area contributed by atoms with Gasteiger partial charge in [0.1, 0.15) is 9.39 Å². The lowest BCUT2D eigenvalue weighted by Crippen LogP contribution is -2.30. The van der Waals surface area contributed by atoms with E-state index in [0.717, 1.165) is 9.26 Å². The zero-order valence-corrected chi connectivity index (χ0v) is 11.5. The van der Waals surface area contributed by atoms with Crippen molar-refractivity contribution in [2.45, 2.75) is 44.6 Å². The smallest absolute Gasteiger partial charge is 0.257 e. The van der Waals surface area contributed by atoms with Gasteiger partial charge >= 0.3 is 0 Å². The highest BCUT2D eigenvalue weighted by Crippen LogP contribution is 2.67. The zero-order valence-electron chi connectivity index (χ0n) is 9.39. The van der Waals surface area contributed by atoms with Crippen molar-refractivity contribution < 1.29 is 8.78 Å². The highest BCUT2D eigenvalue weighted by atomic mass is 127. The second-order valence-corrected chi connectivity index (χ2v) is 6.73. The van der Waals surface area contributed by atoms with Gasteiger partial charge in [0.2, 0.25) is 0 Å². The van der Waals surface area contributed by atoms with Crippen LogP contribution in [0.2, 0.25) is 0 Å². The van der Waals surface area contributed by atoms with Crippen molar-refractivity contribution in [3.8, 4) is 0 Å². The Morgan fingerprint density at radius 3 is 2.62 bits per heavy atom. The molecule has 88 valence electrons. The first-order valence-electron chi connectivity index (χ1n) is 5.41. The summed E-state index contributed by atoms with van der Waals surface area (Å²) in [6, 6.07) is 0. The molecule has 1 saturated carbocycles. The molecule has 0 radical (unpaired) electrons. The molecular weight excluding hydrogens is 325 g/mol. The van der Waals surface area contributed by atoms with Crippen LogP contribution in [0.1, 0.15) is 44.4 Å². The van der Waals surface area contributed by atoms with E-state index in [0.29, 0.717) is 6.42 Å². The first-order valence-corrected chi connectivity index (χ1v) is 6.49. The molecule has 2 atom stereocenters. The minimum absolute atomic E-state index is 0.0630. The maximum Gasteiger partial charge on any atom is 0.293 e. The van der Waals surface area contributed by atoms with Crippen LogP contribution in [-0.2, 0) is 11.5 Å². The fourth-order valence-corrected chi connectivity index (χ4v) is 3.50. The molecule has 3 rings (SSSR count). The minimum atomic E-state index is -2.68. The molecule has 2 aliphatic carbocycles. The van der Waals surface area contributed by atoms with Crippen LogP contribution in [0.15, 0.2) is 0 Å². The molecule has 16 heavy (non-hydrogen) atoms. The van der Waals surface area contributed by atoms with Crippen molar-refractivity contribution >= 4 is 22.6 Å². The van der Waals surface area contributed by atoms with Crippen LogP contribution in [0.25, 0.3) is 0 Å². The van der Waals surface area contributed by atoms with Crippen molar-refractivity contribution in [2.75, 3.05) is 0 Å². The van der Waals surface area contributed by atoms with Crippen molar-refractivity contribution in [1.82, 2.24) is 9.78 Å². The lowest BCUT2D eigenvalue weighted by molar-refractivity contribution is -0.0342. The Labute approximate surface area is 107 Å². The van der Waals surface area contributed by atoms with Gasteiger partial charge in [-0.25, -0.2) is 0 Å². The fourth-order valence-electron chi connectivity index (χ4n) is 2.63. The van der Waals surface area contributed by atoms with Crippen LogP contribution in [0, 0.1) is 9.62 Å². The zero-order chi connectivity index (χ0) is 11.9. The van der Waals surface area contributed by atoms with Crippen molar-refractivity contribution in [3.05, 3.63) is 15.0 Å². The van der Waals surface area contributed by atoms with E-state index < -0.39 is 11.8 Å². The van der Waals surface area contributed by atoms with Gasteiger partial charge in [0.25, 0.3) is 5.92 Å². The first kappa shape index (κ1) is 10.9. The molecule has 0 bridgehead atoms. The topological polar surface area (TPSA) is 17.8 Å². The Morgan fingerprint density at radius 2 is 2.06 bits per heavy atom. The van der Waals surface area contributed by atoms with E-state index in [1.165, 1.54) is 4.68 Å². The standard InChI is InChI=1S/C11H13F2IN2/c1-10(2,3)16-8-7(9(14)15-16)5-4-6(5)11(8,12)13/h5-6H,4H2,1-3H3/t5?,6-/m1/s1. The summed E-state index contributed by atoms with van der Waals surface area (Å²) in [5.74, 6) is -3.07. The Morgan fingerprint density at radius 1 is 1.44 bits per heavy atom. The van der Waals surface area contributed by atoms with Gasteiger partial charge in [0.15, 0.2) is 0 Å². The van der Waals surface area contributed by atoms with E-state index in [9.17, 15) is 8.78 Å². The van der Waals surface area contributed by atoms with E-state index in [1.807, 2.05) is 20.8 Å². The number of hydrogen-bond donors (Lipinski definition) is 0. The molecule has 0 aromatic carbocycles. The molecule has 1 aromatic heterocycles. The summed E-state index contributed by atoms with van der Waals surface area (Å²) in [6.07, 6.45) is 0.631. The highest BCUT2D eigenvalue weighted by molar-refractivity contribution is 14.1. The third-order valence-corrected chi connectivity index (χ3v) is 4.25. The quantitative estimate of drug-likeness (QED) is 0.663. The largest absolute Gasteiger partial charge is 0.293 e. The summed E-state index contributed by atoms with van der Waals surface area (Å²) in [7, 11) is 0. The number of nitrogens with zero attached hydrogens (tertiary/aromatic N) is 2. The molecule has 1 fully saturated rings. The van der Waals surface area contributed by atoms with Crippen LogP contribution < -0.4 is 0 Å². The summed E-state index contributed by atoms with van der Waals surface area (Å²) in [5.41, 5.74) is 0.601. The van der Waals surface area contributed by atoms with Gasteiger partial charge in [-0.05, 0) is 55.7 Å². The summed E-state index contributed by atoms with van der Waals surface area (Å²) in [5, 5.41) is 4.30. The van der Waals surface area contributed by atoms with E-state index >= 15 is 0 Å². The summed E-state index contributed by atoms with van der Waals surface area (Å²) >= 11 is 2.08. The summed E-state index contributed by atoms with van der Waals surface area (Å²) in [6.45, 7) is 5.74. The summed E-state index contributed by atoms with van der Waals surface area (Å²) in [4.78, 5) is 0. The van der Waals surface area contributed by atoms with Gasteiger partial charge in [-0.3, -0.25) is 4.68 Å². The van der Waals surface area contributed by atoms with Gasteiger partial charge in [0, 0.05) is 11.5 Å². The Bertz CT molecular complexity index is 473. The van der Waals surface area contributed by atoms with Crippen LogP contribution >= 0.6 is 22.6 Å². The normalized spacial score (nSPS) is 30.1. The monoisotopic (exact) mass is 338 g/mol. The summed E-state index contributed by atoms with van der Waals surface area (Å²) < 4.78 is 30.5. The average Bonchev–Trinajstić information content (AvgIpc) is 2.76. The molecule has 0 spiro atoms. The maximum atomic E-state index is 14.1. The Hall–Kier alpha value is -0.200. The van der Waals surface area contributed by atoms with Gasteiger partial charge in [-0.15, -0.1) is 0 Å². The molecule has 2 aliphatic rings. The molecule has 0 aliphatic heterocycles. The lowest BCUT2D eigenvalue weighted by Gasteiger charge is -2.25. The van der Waals surface area contributed by atoms with Crippen molar-refractivity contribution in [3.63, 3.8) is 0 Å². The maximum absolute atomic E-state index is 14.1. The molecule has 0 amide bonds. The number of fused-ring (bicyclic) bond motifs is 3. The minimum Gasteiger partial charge on any atom is -0.257 e. The van der Waals surface area contributed by atoms with Gasteiger partial charge in [0.05, 0.1) is 5.54 Å². The SMILES string of the molecule is CC(C)(C)n1nc(I)c2c1C(F)(F)[C@@H]1CC21. The molecule has 1 unspecified atom stereocenters. The molecule has 2 nitrogen and oxygen atoms in total. The van der Waals surface area contributed by atoms with Crippen LogP contribution in [0.3, 0.4) is 0 Å². The molecule has 1 aromatic rings. The molecule has 0 saturated heterocycles. The number of rotatable bonds is 0. The average molecular weight is 338 g/mol. The molecular formula is C11H13F2IN2. The third kappa shape index (κ3) is 1.18. The fraction of sp³-hybridized carbons (Fsp3) is 0.727. The number of alkyl halides is 2. The van der Waals surface area contributed by atoms with E-state index in [1.54, 1.807) is 0 Å². The molecule has 0 N–H and O–H groups in total. The van der Waals surface area contributed by atoms with Crippen LogP contribution in [-0.4, -0.2) is 9.78 Å². The highest BCUT2D eigenvalue weighted by Gasteiger charge is 2.67. The Balaban J connectivity index is 2.26. The molecule has 5 heteroatoms. The number of hydrogen-bond acceptors (Lipinski definition) is 1. The van der Waals surface area contributed by atoms with E-state index in [2.05, 4.69) is 27.7 Å². The van der Waals surface area contributed by atoms with E-state index in [4.69, 9.17) is 0 Å². The number of aromatic nitrogens is 2. The van der Waals surface area contributed by atoms with Gasteiger partial charge in [-0.2, -0.15) is 13.9 Å².